The zero-order valence-electron chi connectivity index (χ0n) is 51.6. The average Bonchev–Trinajstić information content (AvgIpc) is 2.29. The summed E-state index contributed by atoms with van der Waals surface area (Å²) >= 11 is 0. The molecule has 0 bridgehead atoms. The highest BCUT2D eigenvalue weighted by atomic mass is 32.2. The quantitative estimate of drug-likeness (QED) is 0.0132. The second kappa shape index (κ2) is 48.2. The predicted molar refractivity (Wildman–Crippen MR) is 334 cm³/mol. The molecule has 0 unspecified atom stereocenters. The van der Waals surface area contributed by atoms with Crippen LogP contribution in [-0.4, -0.2) is 94.2 Å². The van der Waals surface area contributed by atoms with Gasteiger partial charge in [0.15, 0.2) is 17.2 Å². The molecule has 0 aliphatic rings. The van der Waals surface area contributed by atoms with E-state index in [0.29, 0.717) is 58.2 Å². The summed E-state index contributed by atoms with van der Waals surface area (Å²) in [5.41, 5.74) is 0. The van der Waals surface area contributed by atoms with Gasteiger partial charge in [-0.3, -0.25) is 42.4 Å². The van der Waals surface area contributed by atoms with Crippen molar-refractivity contribution in [3.63, 3.8) is 0 Å². The summed E-state index contributed by atoms with van der Waals surface area (Å²) in [6, 6.07) is 16.3. The number of esters is 3. The van der Waals surface area contributed by atoms with Gasteiger partial charge in [0, 0.05) is 58.2 Å². The number of nitrogens with one attached hydrogen (secondary N) is 3. The smallest absolute Gasteiger partial charge is 0.311 e. The van der Waals surface area contributed by atoms with E-state index in [2.05, 4.69) is 36.7 Å². The van der Waals surface area contributed by atoms with Crippen LogP contribution in [0.3, 0.4) is 0 Å². The Morgan fingerprint density at radius 2 is 0.517 bits per heavy atom. The summed E-state index contributed by atoms with van der Waals surface area (Å²) in [5, 5.41) is 8.66. The Morgan fingerprint density at radius 3 is 0.759 bits per heavy atom. The van der Waals surface area contributed by atoms with Gasteiger partial charge in [-0.05, 0) is 94.2 Å². The van der Waals surface area contributed by atoms with E-state index >= 15 is 0 Å². The molecule has 0 fully saturated rings. The lowest BCUT2D eigenvalue weighted by molar-refractivity contribution is -0.135. The fraction of sp³-hybridized carbons (Fsp3) is 0.619. The number of carbonyl (C=O) groups is 6. The number of hydrogen-bond donors (Lipinski definition) is 6. The zero-order chi connectivity index (χ0) is 64.6. The molecule has 0 spiro atoms. The molecule has 6 N–H and O–H groups in total. The third-order valence-electron chi connectivity index (χ3n) is 13.5. The van der Waals surface area contributed by atoms with Crippen LogP contribution in [0.5, 0.6) is 17.2 Å². The molecule has 0 aliphatic carbocycles. The van der Waals surface area contributed by atoms with Gasteiger partial charge in [-0.2, -0.15) is 25.3 Å². The molecule has 0 heterocycles. The first-order chi connectivity index (χ1) is 41.5. The van der Waals surface area contributed by atoms with E-state index in [1.165, 1.54) is 150 Å². The maximum absolute atomic E-state index is 11.9. The van der Waals surface area contributed by atoms with Crippen LogP contribution in [0.2, 0.25) is 0 Å². The second-order valence-electron chi connectivity index (χ2n) is 21.2. The molecule has 0 saturated carbocycles. The van der Waals surface area contributed by atoms with Gasteiger partial charge in [-0.1, -0.05) is 173 Å². The van der Waals surface area contributed by atoms with E-state index < -0.39 is 62.9 Å². The summed E-state index contributed by atoms with van der Waals surface area (Å²) in [7, 11) is -13.4. The summed E-state index contributed by atoms with van der Waals surface area (Å²) in [6.45, 7) is 8.27. The van der Waals surface area contributed by atoms with Crippen molar-refractivity contribution in [1.29, 1.82) is 0 Å². The number of ether oxygens (including phenoxy) is 3. The number of carbonyl (C=O) groups excluding carboxylic acids is 6. The van der Waals surface area contributed by atoms with Crippen LogP contribution in [0.25, 0.3) is 0 Å². The number of hydrogen-bond acceptors (Lipinski definition) is 15. The SMILES string of the molecule is CCCCCCCC(=O)NCCCCCC(=O)Oc1ccccc1S(=O)(=O)O.CCCCCCCCC(=O)NCCCCCC(=O)Oc1ccccc1S(=O)(=O)O.CCCCCCCCCC(=O)NCCCCCC(=O)Oc1ccccc1S(=O)(=O)O. The van der Waals surface area contributed by atoms with Gasteiger partial charge >= 0.3 is 17.9 Å². The molecule has 24 heteroatoms. The number of unbranched alkanes of at least 4 members (excludes halogenated alkanes) is 21. The van der Waals surface area contributed by atoms with Crippen molar-refractivity contribution in [3.8, 4) is 17.2 Å². The highest BCUT2D eigenvalue weighted by Crippen LogP contribution is 2.26. The first-order valence-corrected chi connectivity index (χ1v) is 35.5. The van der Waals surface area contributed by atoms with E-state index in [1.807, 2.05) is 0 Å². The monoisotopic (exact) mass is 1280 g/mol. The van der Waals surface area contributed by atoms with Crippen molar-refractivity contribution in [2.45, 2.75) is 247 Å². The highest BCUT2D eigenvalue weighted by molar-refractivity contribution is 7.86. The number of amides is 3. The van der Waals surface area contributed by atoms with Gasteiger partial charge in [-0.15, -0.1) is 0 Å². The molecule has 3 aromatic rings. The molecule has 0 atom stereocenters. The maximum atomic E-state index is 11.9. The first kappa shape index (κ1) is 79.2. The minimum absolute atomic E-state index is 0.0673. The lowest BCUT2D eigenvalue weighted by Gasteiger charge is -2.08. The molecule has 3 rings (SSSR count). The minimum Gasteiger partial charge on any atom is -0.425 e. The maximum Gasteiger partial charge on any atom is 0.311 e. The molecule has 3 aromatic carbocycles. The van der Waals surface area contributed by atoms with Crippen LogP contribution < -0.4 is 30.2 Å². The number of benzene rings is 3. The first-order valence-electron chi connectivity index (χ1n) is 31.1. The molecule has 0 saturated heterocycles. The lowest BCUT2D eigenvalue weighted by Crippen LogP contribution is -2.24. The summed E-state index contributed by atoms with van der Waals surface area (Å²) < 4.78 is 110. The van der Waals surface area contributed by atoms with Crippen LogP contribution in [0.4, 0.5) is 0 Å². The summed E-state index contributed by atoms with van der Waals surface area (Å²) in [5.74, 6) is -2.01. The Balaban J connectivity index is 0.000000653. The molecule has 0 radical (unpaired) electrons. The Kier molecular flexibility index (Phi) is 43.9. The van der Waals surface area contributed by atoms with Crippen molar-refractivity contribution < 1.29 is 81.9 Å². The lowest BCUT2D eigenvalue weighted by atomic mass is 10.1. The molecule has 0 aliphatic heterocycles. The molecular weight excluding hydrogens is 1180 g/mol. The van der Waals surface area contributed by atoms with Crippen molar-refractivity contribution in [1.82, 2.24) is 16.0 Å². The minimum atomic E-state index is -4.45. The van der Waals surface area contributed by atoms with E-state index in [9.17, 15) is 54.0 Å². The highest BCUT2D eigenvalue weighted by Gasteiger charge is 2.21. The topological polar surface area (TPSA) is 329 Å². The van der Waals surface area contributed by atoms with Crippen LogP contribution in [0.1, 0.15) is 233 Å². The van der Waals surface area contributed by atoms with Gasteiger partial charge < -0.3 is 30.2 Å². The van der Waals surface area contributed by atoms with E-state index in [-0.39, 0.29) is 54.2 Å². The fourth-order valence-corrected chi connectivity index (χ4v) is 10.5. The number of rotatable bonds is 45. The summed E-state index contributed by atoms with van der Waals surface area (Å²) in [4.78, 5) is 69.5. The Morgan fingerprint density at radius 1 is 0.310 bits per heavy atom. The van der Waals surface area contributed by atoms with Crippen molar-refractivity contribution in [2.75, 3.05) is 19.6 Å². The molecule has 492 valence electrons. The second-order valence-corrected chi connectivity index (χ2v) is 25.4. The number of para-hydroxylation sites is 3. The Hall–Kier alpha value is -5.79. The third-order valence-corrected chi connectivity index (χ3v) is 16.1. The normalized spacial score (nSPS) is 11.2. The predicted octanol–water partition coefficient (Wildman–Crippen LogP) is 12.8. The zero-order valence-corrected chi connectivity index (χ0v) is 54.0. The van der Waals surface area contributed by atoms with Crippen molar-refractivity contribution >= 4 is 66.0 Å². The Bertz CT molecular complexity index is 2790. The van der Waals surface area contributed by atoms with Gasteiger partial charge in [0.2, 0.25) is 17.7 Å². The fourth-order valence-electron chi connectivity index (χ4n) is 8.62. The largest absolute Gasteiger partial charge is 0.425 e. The van der Waals surface area contributed by atoms with E-state index in [1.54, 1.807) is 0 Å². The third kappa shape index (κ3) is 41.9. The molecule has 0 aromatic heterocycles. The van der Waals surface area contributed by atoms with Gasteiger partial charge in [0.25, 0.3) is 30.4 Å². The van der Waals surface area contributed by atoms with Crippen molar-refractivity contribution in [3.05, 3.63) is 72.8 Å². The molecule has 3 amide bonds. The summed E-state index contributed by atoms with van der Waals surface area (Å²) in [6.07, 6.45) is 29.1. The average molecular weight is 1280 g/mol. The standard InChI is InChI=1S/C22H35NO6S.C21H33NO6S.C20H31NO6S/c1-2-3-4-5-6-7-9-16-21(24)23-18-13-8-10-17-22(25)29-19-14-11-12-15-20(19)30(26,27)28;1-2-3-4-5-6-8-15-20(23)22-17-12-7-9-16-21(24)28-18-13-10-11-14-19(18)29(25,26)27;1-2-3-4-5-7-14-19(22)21-16-11-6-8-15-20(23)27-17-12-9-10-13-18(17)28(24,25)26/h11-12,14-15H,2-10,13,16-18H2,1H3,(H,23,24)(H,26,27,28);10-11,13-14H,2-9,12,15-17H2,1H3,(H,22,23)(H,25,26,27);9-10,12-13H,2-8,11,14-16H2,1H3,(H,21,22)(H,24,25,26). The molecule has 87 heavy (non-hydrogen) atoms. The van der Waals surface area contributed by atoms with Crippen LogP contribution >= 0.6 is 0 Å². The Labute approximate surface area is 518 Å². The van der Waals surface area contributed by atoms with Gasteiger partial charge in [-0.25, -0.2) is 0 Å². The van der Waals surface area contributed by atoms with E-state index in [0.717, 1.165) is 77.0 Å². The molecular formula is C63H99N3O18S3. The van der Waals surface area contributed by atoms with Crippen molar-refractivity contribution in [2.24, 2.45) is 0 Å². The van der Waals surface area contributed by atoms with Gasteiger partial charge in [0.05, 0.1) is 0 Å². The molecule has 21 nitrogen and oxygen atoms in total. The van der Waals surface area contributed by atoms with Crippen LogP contribution in [-0.2, 0) is 59.1 Å². The van der Waals surface area contributed by atoms with Gasteiger partial charge in [0.1, 0.15) is 14.7 Å². The van der Waals surface area contributed by atoms with E-state index in [4.69, 9.17) is 27.9 Å². The van der Waals surface area contributed by atoms with Crippen LogP contribution in [0, 0.1) is 0 Å². The van der Waals surface area contributed by atoms with Crippen LogP contribution in [0.15, 0.2) is 87.5 Å².